The molecule has 1 heterocycles. The highest BCUT2D eigenvalue weighted by molar-refractivity contribution is 5.76. The molecule has 1 atom stereocenters. The summed E-state index contributed by atoms with van der Waals surface area (Å²) in [7, 11) is 0. The molecule has 1 aromatic heterocycles. The van der Waals surface area contributed by atoms with Crippen molar-refractivity contribution in [2.45, 2.75) is 71.4 Å². The lowest BCUT2D eigenvalue weighted by Gasteiger charge is -2.59. The number of aromatic nitrogens is 2. The first-order valence-electron chi connectivity index (χ1n) is 9.56. The lowest BCUT2D eigenvalue weighted by molar-refractivity contribution is -0.127. The second-order valence-electron chi connectivity index (χ2n) is 8.68. The van der Waals surface area contributed by atoms with E-state index < -0.39 is 0 Å². The van der Waals surface area contributed by atoms with Crippen LogP contribution in [0.2, 0.25) is 0 Å². The Balaban J connectivity index is 1.46. The summed E-state index contributed by atoms with van der Waals surface area (Å²) in [4.78, 5) is 12.6. The highest BCUT2D eigenvalue weighted by Gasteiger charge is 2.53. The van der Waals surface area contributed by atoms with Crippen LogP contribution in [-0.2, 0) is 11.3 Å². The van der Waals surface area contributed by atoms with Crippen molar-refractivity contribution >= 4 is 11.7 Å². The van der Waals surface area contributed by atoms with Crippen molar-refractivity contribution in [2.24, 2.45) is 23.2 Å². The molecule has 4 aliphatic carbocycles. The van der Waals surface area contributed by atoms with Crippen LogP contribution in [0.5, 0.6) is 0 Å². The van der Waals surface area contributed by atoms with E-state index in [0.29, 0.717) is 17.3 Å². The monoisotopic (exact) mass is 330 g/mol. The van der Waals surface area contributed by atoms with E-state index in [0.717, 1.165) is 29.9 Å². The second-order valence-corrected chi connectivity index (χ2v) is 8.68. The highest BCUT2D eigenvalue weighted by atomic mass is 16.2. The molecule has 1 amide bonds. The quantitative estimate of drug-likeness (QED) is 0.872. The van der Waals surface area contributed by atoms with Crippen molar-refractivity contribution in [1.82, 2.24) is 15.1 Å². The molecule has 132 valence electrons. The first-order valence-corrected chi connectivity index (χ1v) is 9.56. The molecule has 5 rings (SSSR count). The minimum absolute atomic E-state index is 0.0485. The molecule has 1 unspecified atom stereocenters. The maximum Gasteiger partial charge on any atom is 0.242 e. The number of carbonyl (C=O) groups excluding carboxylic acids is 1. The van der Waals surface area contributed by atoms with E-state index in [1.54, 1.807) is 4.68 Å². The Hall–Kier alpha value is -1.52. The van der Waals surface area contributed by atoms with Gasteiger partial charge in [-0.15, -0.1) is 0 Å². The van der Waals surface area contributed by atoms with Crippen LogP contribution in [0.3, 0.4) is 0 Å². The number of hydrogen-bond acceptors (Lipinski definition) is 3. The molecule has 1 aromatic rings. The number of carbonyl (C=O) groups is 1. The van der Waals surface area contributed by atoms with Crippen LogP contribution in [0.15, 0.2) is 6.07 Å². The number of hydrogen-bond donors (Lipinski definition) is 2. The highest BCUT2D eigenvalue weighted by Crippen LogP contribution is 2.61. The van der Waals surface area contributed by atoms with Gasteiger partial charge in [0.1, 0.15) is 12.4 Å². The molecule has 4 saturated carbocycles. The number of nitrogens with two attached hydrogens (primary N) is 1. The Morgan fingerprint density at radius 1 is 1.33 bits per heavy atom. The Labute approximate surface area is 144 Å². The van der Waals surface area contributed by atoms with Gasteiger partial charge in [0.05, 0.1) is 5.69 Å². The molecule has 24 heavy (non-hydrogen) atoms. The van der Waals surface area contributed by atoms with Crippen LogP contribution >= 0.6 is 0 Å². The molecular weight excluding hydrogens is 300 g/mol. The average Bonchev–Trinajstić information content (AvgIpc) is 2.81. The summed E-state index contributed by atoms with van der Waals surface area (Å²) < 4.78 is 1.61. The number of anilines is 1. The van der Waals surface area contributed by atoms with E-state index in [1.165, 1.54) is 38.5 Å². The molecule has 3 N–H and O–H groups in total. The lowest BCUT2D eigenvalue weighted by atomic mass is 9.47. The number of nitrogens with one attached hydrogen (secondary N) is 1. The van der Waals surface area contributed by atoms with E-state index in [9.17, 15) is 4.79 Å². The minimum atomic E-state index is 0.0485. The standard InChI is InChI=1S/C19H30N4O/c1-3-16(21-18(24)11-23-17(20)4-12(2)22-23)19-8-13-5-14(9-19)7-15(6-13)10-19/h4,13-16H,3,5-11,20H2,1-2H3,(H,21,24). The van der Waals surface area contributed by atoms with Gasteiger partial charge in [-0.3, -0.25) is 4.79 Å². The SMILES string of the molecule is CCC(NC(=O)Cn1nc(C)cc1N)C12CC3CC(CC(C3)C1)C2. The summed E-state index contributed by atoms with van der Waals surface area (Å²) >= 11 is 0. The van der Waals surface area contributed by atoms with Crippen molar-refractivity contribution in [2.75, 3.05) is 5.73 Å². The van der Waals surface area contributed by atoms with Crippen LogP contribution < -0.4 is 11.1 Å². The van der Waals surface area contributed by atoms with Crippen LogP contribution in [0, 0.1) is 30.1 Å². The van der Waals surface area contributed by atoms with Crippen molar-refractivity contribution in [1.29, 1.82) is 0 Å². The van der Waals surface area contributed by atoms with E-state index in [2.05, 4.69) is 17.3 Å². The molecule has 0 aromatic carbocycles. The van der Waals surface area contributed by atoms with E-state index in [4.69, 9.17) is 5.73 Å². The number of rotatable bonds is 5. The number of nitrogen functional groups attached to an aromatic ring is 1. The van der Waals surface area contributed by atoms with Crippen LogP contribution in [0.4, 0.5) is 5.82 Å². The van der Waals surface area contributed by atoms with Gasteiger partial charge in [0, 0.05) is 12.1 Å². The Bertz CT molecular complexity index is 600. The van der Waals surface area contributed by atoms with E-state index in [-0.39, 0.29) is 12.5 Å². The fraction of sp³-hybridized carbons (Fsp3) is 0.789. The molecule has 0 saturated heterocycles. The van der Waals surface area contributed by atoms with Gasteiger partial charge in [0.2, 0.25) is 5.91 Å². The molecule has 4 aliphatic rings. The second kappa shape index (κ2) is 5.78. The lowest BCUT2D eigenvalue weighted by Crippen LogP contribution is -2.57. The van der Waals surface area contributed by atoms with Crippen LogP contribution in [-0.4, -0.2) is 21.7 Å². The molecule has 0 aliphatic heterocycles. The smallest absolute Gasteiger partial charge is 0.242 e. The van der Waals surface area contributed by atoms with Crippen LogP contribution in [0.1, 0.15) is 57.6 Å². The van der Waals surface area contributed by atoms with Gasteiger partial charge in [-0.1, -0.05) is 6.92 Å². The third kappa shape index (κ3) is 2.72. The number of aryl methyl sites for hydroxylation is 1. The normalized spacial score (nSPS) is 35.2. The third-order valence-electron chi connectivity index (χ3n) is 6.79. The Kier molecular flexibility index (Phi) is 3.85. The molecule has 4 bridgehead atoms. The predicted molar refractivity (Wildman–Crippen MR) is 94.2 cm³/mol. The molecule has 0 radical (unpaired) electrons. The maximum absolute atomic E-state index is 12.6. The van der Waals surface area contributed by atoms with Gasteiger partial charge in [-0.25, -0.2) is 4.68 Å². The number of nitrogens with zero attached hydrogens (tertiary/aromatic N) is 2. The Morgan fingerprint density at radius 2 is 1.92 bits per heavy atom. The molecule has 5 heteroatoms. The largest absolute Gasteiger partial charge is 0.384 e. The van der Waals surface area contributed by atoms with Crippen LogP contribution in [0.25, 0.3) is 0 Å². The predicted octanol–water partition coefficient (Wildman–Crippen LogP) is 2.88. The zero-order valence-electron chi connectivity index (χ0n) is 14.9. The zero-order chi connectivity index (χ0) is 16.9. The molecule has 0 spiro atoms. The molecular formula is C19H30N4O. The average molecular weight is 330 g/mol. The Morgan fingerprint density at radius 3 is 2.38 bits per heavy atom. The van der Waals surface area contributed by atoms with Crippen molar-refractivity contribution in [3.05, 3.63) is 11.8 Å². The summed E-state index contributed by atoms with van der Waals surface area (Å²) in [5.41, 5.74) is 7.13. The fourth-order valence-corrected chi connectivity index (χ4v) is 6.36. The maximum atomic E-state index is 12.6. The van der Waals surface area contributed by atoms with Gasteiger partial charge < -0.3 is 11.1 Å². The molecule has 4 fully saturated rings. The van der Waals surface area contributed by atoms with Gasteiger partial charge in [0.15, 0.2) is 0 Å². The summed E-state index contributed by atoms with van der Waals surface area (Å²) in [6.07, 6.45) is 9.29. The third-order valence-corrected chi connectivity index (χ3v) is 6.79. The van der Waals surface area contributed by atoms with Crippen molar-refractivity contribution in [3.63, 3.8) is 0 Å². The van der Waals surface area contributed by atoms with Gasteiger partial charge >= 0.3 is 0 Å². The topological polar surface area (TPSA) is 72.9 Å². The van der Waals surface area contributed by atoms with Gasteiger partial charge in [0.25, 0.3) is 0 Å². The fourth-order valence-electron chi connectivity index (χ4n) is 6.36. The summed E-state index contributed by atoms with van der Waals surface area (Å²) in [6.45, 7) is 4.34. The summed E-state index contributed by atoms with van der Waals surface area (Å²) in [5, 5.41) is 7.66. The van der Waals surface area contributed by atoms with E-state index in [1.807, 2.05) is 13.0 Å². The van der Waals surface area contributed by atoms with Crippen molar-refractivity contribution < 1.29 is 4.79 Å². The van der Waals surface area contributed by atoms with Crippen molar-refractivity contribution in [3.8, 4) is 0 Å². The first-order chi connectivity index (χ1) is 11.5. The van der Waals surface area contributed by atoms with Gasteiger partial charge in [-0.05, 0) is 75.0 Å². The minimum Gasteiger partial charge on any atom is -0.384 e. The molecule has 5 nitrogen and oxygen atoms in total. The van der Waals surface area contributed by atoms with Gasteiger partial charge in [-0.2, -0.15) is 5.10 Å². The number of amides is 1. The first kappa shape index (κ1) is 16.0. The van der Waals surface area contributed by atoms with E-state index >= 15 is 0 Å². The summed E-state index contributed by atoms with van der Waals surface area (Å²) in [5.74, 6) is 3.34. The zero-order valence-corrected chi connectivity index (χ0v) is 14.9. The summed E-state index contributed by atoms with van der Waals surface area (Å²) in [6, 6.07) is 2.11.